The summed E-state index contributed by atoms with van der Waals surface area (Å²) in [4.78, 5) is 0. The fraction of sp³-hybridized carbons (Fsp3) is 0.455. The van der Waals surface area contributed by atoms with Gasteiger partial charge in [0, 0.05) is 5.56 Å². The molecule has 2 aromatic carbocycles. The van der Waals surface area contributed by atoms with E-state index in [-0.39, 0.29) is 5.82 Å². The quantitative estimate of drug-likeness (QED) is 0.289. The normalized spacial score (nSPS) is 24.3. The molecule has 34 heavy (non-hydrogen) atoms. The summed E-state index contributed by atoms with van der Waals surface area (Å²) in [5, 5.41) is 0. The molecule has 2 aliphatic carbocycles. The molecule has 0 saturated heterocycles. The van der Waals surface area contributed by atoms with Gasteiger partial charge in [0.15, 0.2) is 0 Å². The van der Waals surface area contributed by atoms with Gasteiger partial charge in [0.25, 0.3) is 0 Å². The predicted molar refractivity (Wildman–Crippen MR) is 142 cm³/mol. The maximum absolute atomic E-state index is 14.9. The van der Waals surface area contributed by atoms with E-state index in [9.17, 15) is 4.39 Å². The SMILES string of the molecule is C=CCCC1CCC2CC(c3ccc(C#Cc4ccc(CC/C=C/C)cc4)c(F)c3)CCC2C1. The van der Waals surface area contributed by atoms with Gasteiger partial charge in [-0.3, -0.25) is 0 Å². The van der Waals surface area contributed by atoms with Crippen LogP contribution in [0.1, 0.15) is 92.9 Å². The van der Waals surface area contributed by atoms with Crippen molar-refractivity contribution >= 4 is 0 Å². The molecule has 0 nitrogen and oxygen atoms in total. The van der Waals surface area contributed by atoms with Crippen LogP contribution in [-0.4, -0.2) is 0 Å². The molecule has 0 aliphatic heterocycles. The third-order valence-electron chi connectivity index (χ3n) is 8.10. The number of rotatable bonds is 7. The first-order valence-corrected chi connectivity index (χ1v) is 13.3. The van der Waals surface area contributed by atoms with Crippen LogP contribution in [-0.2, 0) is 6.42 Å². The summed E-state index contributed by atoms with van der Waals surface area (Å²) < 4.78 is 14.9. The van der Waals surface area contributed by atoms with Crippen LogP contribution >= 0.6 is 0 Å². The van der Waals surface area contributed by atoms with E-state index in [2.05, 4.69) is 54.8 Å². The van der Waals surface area contributed by atoms with E-state index in [4.69, 9.17) is 0 Å². The fourth-order valence-corrected chi connectivity index (χ4v) is 6.10. The van der Waals surface area contributed by atoms with Crippen molar-refractivity contribution in [2.75, 3.05) is 0 Å². The van der Waals surface area contributed by atoms with Gasteiger partial charge in [0.2, 0.25) is 0 Å². The molecule has 0 heterocycles. The second-order valence-electron chi connectivity index (χ2n) is 10.4. The van der Waals surface area contributed by atoms with E-state index in [1.54, 1.807) is 6.07 Å². The highest BCUT2D eigenvalue weighted by Gasteiger charge is 2.35. The molecule has 2 aliphatic rings. The highest BCUT2D eigenvalue weighted by atomic mass is 19.1. The van der Waals surface area contributed by atoms with Gasteiger partial charge >= 0.3 is 0 Å². The molecule has 4 unspecified atom stereocenters. The highest BCUT2D eigenvalue weighted by Crippen LogP contribution is 2.48. The second-order valence-corrected chi connectivity index (χ2v) is 10.4. The Kier molecular flexibility index (Phi) is 8.81. The highest BCUT2D eigenvalue weighted by molar-refractivity contribution is 5.45. The molecule has 2 aromatic rings. The van der Waals surface area contributed by atoms with Gasteiger partial charge in [-0.15, -0.1) is 6.58 Å². The van der Waals surface area contributed by atoms with Crippen molar-refractivity contribution in [3.8, 4) is 11.8 Å². The Balaban J connectivity index is 1.35. The molecule has 2 saturated carbocycles. The molecular formula is C33H39F. The molecule has 0 spiro atoms. The van der Waals surface area contributed by atoms with E-state index < -0.39 is 0 Å². The van der Waals surface area contributed by atoms with Crippen LogP contribution in [0.4, 0.5) is 4.39 Å². The van der Waals surface area contributed by atoms with Crippen molar-refractivity contribution in [1.29, 1.82) is 0 Å². The molecule has 0 aromatic heterocycles. The topological polar surface area (TPSA) is 0 Å². The lowest BCUT2D eigenvalue weighted by Gasteiger charge is -2.42. The van der Waals surface area contributed by atoms with Crippen molar-refractivity contribution in [3.05, 3.63) is 95.3 Å². The number of hydrogen-bond acceptors (Lipinski definition) is 0. The number of fused-ring (bicyclic) bond motifs is 1. The Bertz CT molecular complexity index is 1030. The van der Waals surface area contributed by atoms with Gasteiger partial charge in [-0.25, -0.2) is 4.39 Å². The summed E-state index contributed by atoms with van der Waals surface area (Å²) in [6, 6.07) is 14.1. The minimum atomic E-state index is -0.178. The van der Waals surface area contributed by atoms with Crippen molar-refractivity contribution in [3.63, 3.8) is 0 Å². The minimum absolute atomic E-state index is 0.178. The number of halogens is 1. The molecule has 0 bridgehead atoms. The van der Waals surface area contributed by atoms with E-state index in [1.807, 2.05) is 25.1 Å². The Morgan fingerprint density at radius 2 is 1.74 bits per heavy atom. The van der Waals surface area contributed by atoms with Crippen LogP contribution in [0.25, 0.3) is 0 Å². The van der Waals surface area contributed by atoms with Crippen molar-refractivity contribution in [2.24, 2.45) is 17.8 Å². The van der Waals surface area contributed by atoms with E-state index in [0.29, 0.717) is 11.5 Å². The number of allylic oxidation sites excluding steroid dienone is 3. The van der Waals surface area contributed by atoms with Crippen LogP contribution in [0.2, 0.25) is 0 Å². The van der Waals surface area contributed by atoms with Crippen LogP contribution in [0.5, 0.6) is 0 Å². The van der Waals surface area contributed by atoms with Gasteiger partial charge in [0.1, 0.15) is 5.82 Å². The smallest absolute Gasteiger partial charge is 0.139 e. The first-order chi connectivity index (χ1) is 16.7. The fourth-order valence-electron chi connectivity index (χ4n) is 6.10. The maximum atomic E-state index is 14.9. The molecule has 0 amide bonds. The average Bonchev–Trinajstić information content (AvgIpc) is 2.87. The molecule has 0 radical (unpaired) electrons. The molecule has 0 N–H and O–H groups in total. The summed E-state index contributed by atoms with van der Waals surface area (Å²) in [5.74, 6) is 9.11. The number of benzene rings is 2. The van der Waals surface area contributed by atoms with Crippen LogP contribution < -0.4 is 0 Å². The lowest BCUT2D eigenvalue weighted by molar-refractivity contribution is 0.115. The Hall–Kier alpha value is -2.59. The molecule has 1 heteroatoms. The third kappa shape index (κ3) is 6.50. The van der Waals surface area contributed by atoms with Crippen molar-refractivity contribution in [1.82, 2.24) is 0 Å². The zero-order valence-electron chi connectivity index (χ0n) is 20.7. The lowest BCUT2D eigenvalue weighted by atomic mass is 9.63. The molecule has 2 fully saturated rings. The van der Waals surface area contributed by atoms with Gasteiger partial charge in [-0.05, 0) is 124 Å². The molecule has 178 valence electrons. The van der Waals surface area contributed by atoms with Gasteiger partial charge in [-0.2, -0.15) is 0 Å². The van der Waals surface area contributed by atoms with Gasteiger partial charge < -0.3 is 0 Å². The molecule has 4 rings (SSSR count). The Morgan fingerprint density at radius 1 is 0.941 bits per heavy atom. The first kappa shape index (κ1) is 24.5. The van der Waals surface area contributed by atoms with E-state index >= 15 is 0 Å². The average molecular weight is 455 g/mol. The summed E-state index contributed by atoms with van der Waals surface area (Å²) in [7, 11) is 0. The van der Waals surface area contributed by atoms with Crippen molar-refractivity contribution in [2.45, 2.75) is 77.0 Å². The zero-order valence-corrected chi connectivity index (χ0v) is 20.7. The first-order valence-electron chi connectivity index (χ1n) is 13.3. The maximum Gasteiger partial charge on any atom is 0.139 e. The van der Waals surface area contributed by atoms with Gasteiger partial charge in [0.05, 0.1) is 5.56 Å². The number of hydrogen-bond donors (Lipinski definition) is 0. The zero-order chi connectivity index (χ0) is 23.8. The summed E-state index contributed by atoms with van der Waals surface area (Å²) in [6.45, 7) is 5.93. The summed E-state index contributed by atoms with van der Waals surface area (Å²) in [6.07, 6.45) is 18.7. The lowest BCUT2D eigenvalue weighted by Crippen LogP contribution is -2.30. The largest absolute Gasteiger partial charge is 0.206 e. The molecule has 4 atom stereocenters. The van der Waals surface area contributed by atoms with Gasteiger partial charge in [-0.1, -0.05) is 54.7 Å². The van der Waals surface area contributed by atoms with Crippen molar-refractivity contribution < 1.29 is 4.39 Å². The number of aryl methyl sites for hydroxylation is 1. The predicted octanol–water partition coefficient (Wildman–Crippen LogP) is 9.00. The second kappa shape index (κ2) is 12.2. The minimum Gasteiger partial charge on any atom is -0.206 e. The van der Waals surface area contributed by atoms with Crippen LogP contribution in [0, 0.1) is 35.4 Å². The third-order valence-corrected chi connectivity index (χ3v) is 8.10. The molecular weight excluding hydrogens is 415 g/mol. The van der Waals surface area contributed by atoms with Crippen LogP contribution in [0.3, 0.4) is 0 Å². The Labute approximate surface area is 206 Å². The standard InChI is InChI=1S/C33H39F/c1-3-5-7-9-25-10-12-26(13-11-25)14-16-28-18-19-32(24-33(28)34)31-21-20-29-22-27(8-6-4-2)15-17-30(29)23-31/h3-5,10-13,18-19,24,27,29-31H,2,6-9,15,17,20-23H2,1H3/b5-3+. The summed E-state index contributed by atoms with van der Waals surface area (Å²) in [5.41, 5.74) is 3.90. The summed E-state index contributed by atoms with van der Waals surface area (Å²) >= 11 is 0. The van der Waals surface area contributed by atoms with E-state index in [1.165, 1.54) is 56.1 Å². The monoisotopic (exact) mass is 454 g/mol. The van der Waals surface area contributed by atoms with E-state index in [0.717, 1.165) is 42.6 Å². The van der Waals surface area contributed by atoms with Crippen LogP contribution in [0.15, 0.2) is 67.3 Å². The Morgan fingerprint density at radius 3 is 2.50 bits per heavy atom.